The zero-order valence-electron chi connectivity index (χ0n) is 11.3. The van der Waals surface area contributed by atoms with Gasteiger partial charge in [-0.15, -0.1) is 0 Å². The molecule has 0 atom stereocenters. The molecule has 0 aliphatic heterocycles. The molecule has 1 heterocycles. The number of carbonyl (C=O) groups excluding carboxylic acids is 1. The van der Waals surface area contributed by atoms with Crippen molar-refractivity contribution in [2.24, 2.45) is 0 Å². The number of H-pyrrole nitrogens is 1. The van der Waals surface area contributed by atoms with E-state index in [1.54, 1.807) is 0 Å². The number of aromatic nitrogens is 4. The van der Waals surface area contributed by atoms with Crippen LogP contribution in [-0.2, 0) is 4.79 Å². The van der Waals surface area contributed by atoms with Gasteiger partial charge in [-0.1, -0.05) is 37.0 Å². The lowest BCUT2D eigenvalue weighted by molar-refractivity contribution is -0.116. The van der Waals surface area contributed by atoms with Crippen molar-refractivity contribution < 1.29 is 4.79 Å². The summed E-state index contributed by atoms with van der Waals surface area (Å²) in [6.07, 6.45) is 3.58. The number of unbranched alkanes of at least 4 members (excludes halogenated alkanes) is 2. The molecule has 2 rings (SSSR count). The maximum Gasteiger partial charge on any atom is 0.236 e. The number of aromatic amines is 1. The molecular weight excluding hydrogens is 274 g/mol. The number of tetrazole rings is 1. The van der Waals surface area contributed by atoms with Gasteiger partial charge in [-0.2, -0.15) is 4.80 Å². The van der Waals surface area contributed by atoms with Gasteiger partial charge in [0.2, 0.25) is 10.7 Å². The van der Waals surface area contributed by atoms with Crippen LogP contribution in [0.4, 0.5) is 5.69 Å². The highest BCUT2D eigenvalue weighted by atomic mass is 32.1. The van der Waals surface area contributed by atoms with E-state index in [-0.39, 0.29) is 5.91 Å². The Bertz CT molecular complexity index is 633. The number of carbonyl (C=O) groups is 1. The lowest BCUT2D eigenvalue weighted by Crippen LogP contribution is -2.14. The first-order valence-electron chi connectivity index (χ1n) is 6.62. The summed E-state index contributed by atoms with van der Waals surface area (Å²) >= 11 is 4.90. The summed E-state index contributed by atoms with van der Waals surface area (Å²) in [5, 5.41) is 13.3. The lowest BCUT2D eigenvalue weighted by atomic mass is 10.2. The van der Waals surface area contributed by atoms with Gasteiger partial charge >= 0.3 is 0 Å². The van der Waals surface area contributed by atoms with Crippen LogP contribution in [0.2, 0.25) is 0 Å². The van der Waals surface area contributed by atoms with Crippen LogP contribution in [0.25, 0.3) is 5.69 Å². The van der Waals surface area contributed by atoms with E-state index in [4.69, 9.17) is 12.2 Å². The summed E-state index contributed by atoms with van der Waals surface area (Å²) in [4.78, 5) is 13.3. The Hall–Kier alpha value is -2.02. The summed E-state index contributed by atoms with van der Waals surface area (Å²) in [6, 6.07) is 7.38. The molecule has 0 bridgehead atoms. The van der Waals surface area contributed by atoms with E-state index >= 15 is 0 Å². The van der Waals surface area contributed by atoms with Gasteiger partial charge < -0.3 is 5.32 Å². The summed E-state index contributed by atoms with van der Waals surface area (Å²) in [5.74, 6) is 0.00427. The maximum absolute atomic E-state index is 11.9. The second-order valence-corrected chi connectivity index (χ2v) is 4.83. The first-order valence-corrected chi connectivity index (χ1v) is 7.03. The second kappa shape index (κ2) is 6.95. The van der Waals surface area contributed by atoms with Crippen molar-refractivity contribution in [3.63, 3.8) is 0 Å². The normalized spacial score (nSPS) is 10.4. The molecule has 2 aromatic rings. The van der Waals surface area contributed by atoms with Crippen LogP contribution in [-0.4, -0.2) is 26.1 Å². The van der Waals surface area contributed by atoms with Crippen molar-refractivity contribution in [1.29, 1.82) is 0 Å². The number of benzene rings is 1. The van der Waals surface area contributed by atoms with Gasteiger partial charge in [0.1, 0.15) is 5.69 Å². The number of nitrogens with zero attached hydrogens (tertiary/aromatic N) is 3. The van der Waals surface area contributed by atoms with Gasteiger partial charge in [0.05, 0.1) is 5.69 Å². The van der Waals surface area contributed by atoms with Crippen LogP contribution < -0.4 is 5.32 Å². The lowest BCUT2D eigenvalue weighted by Gasteiger charge is -2.09. The quantitative estimate of drug-likeness (QED) is 0.634. The molecule has 0 aliphatic carbocycles. The molecule has 2 N–H and O–H groups in total. The molecule has 7 heteroatoms. The minimum Gasteiger partial charge on any atom is -0.324 e. The molecule has 106 valence electrons. The average Bonchev–Trinajstić information content (AvgIpc) is 2.86. The molecule has 0 saturated heterocycles. The average molecular weight is 291 g/mol. The fourth-order valence-corrected chi connectivity index (χ4v) is 1.96. The Morgan fingerprint density at radius 2 is 2.20 bits per heavy atom. The molecule has 0 saturated carbocycles. The number of anilines is 1. The fourth-order valence-electron chi connectivity index (χ4n) is 1.84. The van der Waals surface area contributed by atoms with Gasteiger partial charge in [-0.25, -0.2) is 5.10 Å². The zero-order chi connectivity index (χ0) is 14.4. The van der Waals surface area contributed by atoms with Crippen molar-refractivity contribution in [3.8, 4) is 5.69 Å². The van der Waals surface area contributed by atoms with Crippen molar-refractivity contribution in [1.82, 2.24) is 20.2 Å². The first kappa shape index (κ1) is 14.4. The van der Waals surface area contributed by atoms with Crippen molar-refractivity contribution in [2.45, 2.75) is 32.6 Å². The number of rotatable bonds is 6. The Morgan fingerprint density at radius 3 is 2.90 bits per heavy atom. The van der Waals surface area contributed by atoms with Gasteiger partial charge in [-0.05, 0) is 36.0 Å². The maximum atomic E-state index is 11.9. The number of amides is 1. The highest BCUT2D eigenvalue weighted by Gasteiger charge is 2.08. The highest BCUT2D eigenvalue weighted by Crippen LogP contribution is 2.18. The molecule has 0 fully saturated rings. The van der Waals surface area contributed by atoms with Crippen LogP contribution in [0.5, 0.6) is 0 Å². The van der Waals surface area contributed by atoms with Crippen LogP contribution in [0.1, 0.15) is 32.6 Å². The third kappa shape index (κ3) is 3.74. The van der Waals surface area contributed by atoms with E-state index < -0.39 is 0 Å². The minimum atomic E-state index is 0.00427. The highest BCUT2D eigenvalue weighted by molar-refractivity contribution is 7.71. The topological polar surface area (TPSA) is 75.6 Å². The number of nitrogens with one attached hydrogen (secondary N) is 2. The molecule has 0 unspecified atom stereocenters. The van der Waals surface area contributed by atoms with Gasteiger partial charge in [0, 0.05) is 6.42 Å². The Kier molecular flexibility index (Phi) is 5.00. The number of para-hydroxylation sites is 2. The predicted molar refractivity (Wildman–Crippen MR) is 79.3 cm³/mol. The molecule has 1 aromatic carbocycles. The number of hydrogen-bond acceptors (Lipinski definition) is 4. The van der Waals surface area contributed by atoms with Crippen molar-refractivity contribution >= 4 is 23.8 Å². The predicted octanol–water partition coefficient (Wildman–Crippen LogP) is 2.84. The molecule has 0 aliphatic rings. The van der Waals surface area contributed by atoms with Gasteiger partial charge in [-0.3, -0.25) is 4.79 Å². The van der Waals surface area contributed by atoms with Crippen LogP contribution in [0.3, 0.4) is 0 Å². The van der Waals surface area contributed by atoms with E-state index in [1.165, 1.54) is 4.80 Å². The Morgan fingerprint density at radius 1 is 1.40 bits per heavy atom. The third-order valence-electron chi connectivity index (χ3n) is 2.84. The monoisotopic (exact) mass is 291 g/mol. The first-order chi connectivity index (χ1) is 9.70. The van der Waals surface area contributed by atoms with E-state index in [0.717, 1.165) is 19.3 Å². The van der Waals surface area contributed by atoms with Crippen molar-refractivity contribution in [3.05, 3.63) is 29.0 Å². The number of hydrogen-bond donors (Lipinski definition) is 2. The molecular formula is C13H17N5OS. The van der Waals surface area contributed by atoms with Crippen LogP contribution >= 0.6 is 12.2 Å². The fraction of sp³-hybridized carbons (Fsp3) is 0.385. The zero-order valence-corrected chi connectivity index (χ0v) is 12.1. The van der Waals surface area contributed by atoms with E-state index in [9.17, 15) is 4.79 Å². The third-order valence-corrected chi connectivity index (χ3v) is 3.01. The molecule has 0 radical (unpaired) electrons. The summed E-state index contributed by atoms with van der Waals surface area (Å²) in [6.45, 7) is 2.11. The summed E-state index contributed by atoms with van der Waals surface area (Å²) in [5.41, 5.74) is 1.39. The van der Waals surface area contributed by atoms with E-state index in [1.807, 2.05) is 24.3 Å². The minimum absolute atomic E-state index is 0.00427. The van der Waals surface area contributed by atoms with Crippen molar-refractivity contribution in [2.75, 3.05) is 5.32 Å². The molecule has 1 amide bonds. The van der Waals surface area contributed by atoms with Crippen LogP contribution in [0, 0.1) is 4.77 Å². The largest absolute Gasteiger partial charge is 0.324 e. The Balaban J connectivity index is 2.12. The smallest absolute Gasteiger partial charge is 0.236 e. The standard InChI is InChI=1S/C13H17N5OS/c1-2-3-4-9-12(19)14-10-7-5-6-8-11(10)18-16-13(20)15-17-18/h5-8H,2-4,9H2,1H3,(H,14,19)(H,16,20). The second-order valence-electron chi connectivity index (χ2n) is 4.44. The molecule has 20 heavy (non-hydrogen) atoms. The Labute approximate surface area is 122 Å². The van der Waals surface area contributed by atoms with E-state index in [2.05, 4.69) is 27.7 Å². The molecule has 6 nitrogen and oxygen atoms in total. The molecule has 0 spiro atoms. The summed E-state index contributed by atoms with van der Waals surface area (Å²) in [7, 11) is 0. The van der Waals surface area contributed by atoms with Crippen LogP contribution in [0.15, 0.2) is 24.3 Å². The van der Waals surface area contributed by atoms with E-state index in [0.29, 0.717) is 22.6 Å². The van der Waals surface area contributed by atoms with Gasteiger partial charge in [0.15, 0.2) is 0 Å². The molecule has 1 aromatic heterocycles. The summed E-state index contributed by atoms with van der Waals surface area (Å²) < 4.78 is 0.300. The SMILES string of the molecule is CCCCCC(=O)Nc1ccccc1-n1nnc(=S)[nH]1. The van der Waals surface area contributed by atoms with Gasteiger partial charge in [0.25, 0.3) is 0 Å².